The Balaban J connectivity index is 1.62. The first kappa shape index (κ1) is 29.5. The maximum atomic E-state index is 13.3. The molecule has 1 aliphatic carbocycles. The Morgan fingerprint density at radius 3 is 2.52 bits per heavy atom. The molecule has 2 amide bonds. The number of aromatic nitrogens is 3. The van der Waals surface area contributed by atoms with Crippen molar-refractivity contribution in [2.24, 2.45) is 5.73 Å². The van der Waals surface area contributed by atoms with Gasteiger partial charge in [0.15, 0.2) is 0 Å². The van der Waals surface area contributed by atoms with E-state index in [2.05, 4.69) is 80.4 Å². The van der Waals surface area contributed by atoms with Crippen LogP contribution in [0, 0.1) is 6.92 Å². The molecule has 8 nitrogen and oxygen atoms in total. The zero-order valence-electron chi connectivity index (χ0n) is 25.7. The van der Waals surface area contributed by atoms with Crippen molar-refractivity contribution in [3.63, 3.8) is 0 Å². The second-order valence-corrected chi connectivity index (χ2v) is 12.5. The molecule has 1 aliphatic rings. The van der Waals surface area contributed by atoms with Gasteiger partial charge in [0.25, 0.3) is 0 Å². The van der Waals surface area contributed by atoms with Gasteiger partial charge in [0.05, 0.1) is 23.3 Å². The van der Waals surface area contributed by atoms with Crippen LogP contribution in [0.25, 0.3) is 22.0 Å². The first-order chi connectivity index (χ1) is 20.0. The summed E-state index contributed by atoms with van der Waals surface area (Å²) in [6, 6.07) is 18.1. The summed E-state index contributed by atoms with van der Waals surface area (Å²) in [5, 5.41) is 10.7. The molecule has 3 N–H and O–H groups in total. The van der Waals surface area contributed by atoms with Gasteiger partial charge in [-0.25, -0.2) is 14.4 Å². The van der Waals surface area contributed by atoms with Gasteiger partial charge in [-0.05, 0) is 75.0 Å². The Bertz CT molecular complexity index is 1590. The first-order valence-electron chi connectivity index (χ1n) is 14.8. The van der Waals surface area contributed by atoms with Crippen LogP contribution in [-0.4, -0.2) is 58.9 Å². The van der Waals surface area contributed by atoms with Crippen LogP contribution < -0.4 is 16.0 Å². The van der Waals surface area contributed by atoms with Gasteiger partial charge < -0.3 is 16.0 Å². The highest BCUT2D eigenvalue weighted by molar-refractivity contribution is 6.09. The smallest absolute Gasteiger partial charge is 0.325 e. The van der Waals surface area contributed by atoms with Crippen LogP contribution in [0.5, 0.6) is 0 Å². The molecule has 0 spiro atoms. The largest absolute Gasteiger partial charge is 0.351 e. The first-order valence-corrected chi connectivity index (χ1v) is 14.8. The maximum Gasteiger partial charge on any atom is 0.325 e. The third-order valence-corrected chi connectivity index (χ3v) is 7.87. The number of aryl methyl sites for hydroxylation is 1. The molecule has 0 radical (unpaired) electrons. The zero-order chi connectivity index (χ0) is 30.0. The van der Waals surface area contributed by atoms with E-state index in [4.69, 9.17) is 10.8 Å². The average Bonchev–Trinajstić information content (AvgIpc) is 3.39. The van der Waals surface area contributed by atoms with E-state index >= 15 is 0 Å². The van der Waals surface area contributed by atoms with Crippen LogP contribution in [0.1, 0.15) is 57.0 Å². The van der Waals surface area contributed by atoms with E-state index in [1.165, 1.54) is 11.1 Å². The predicted molar refractivity (Wildman–Crippen MR) is 173 cm³/mol. The van der Waals surface area contributed by atoms with Crippen LogP contribution in [0.4, 0.5) is 16.3 Å². The van der Waals surface area contributed by atoms with E-state index in [9.17, 15) is 4.79 Å². The molecule has 8 heteroatoms. The lowest BCUT2D eigenvalue weighted by Gasteiger charge is -2.26. The van der Waals surface area contributed by atoms with Crippen LogP contribution in [-0.2, 0) is 5.41 Å². The number of amides is 2. The molecule has 0 saturated heterocycles. The highest BCUT2D eigenvalue weighted by Crippen LogP contribution is 2.40. The number of rotatable bonds is 8. The van der Waals surface area contributed by atoms with Crippen molar-refractivity contribution in [1.82, 2.24) is 25.0 Å². The molecule has 0 bridgehead atoms. The Morgan fingerprint density at radius 2 is 1.86 bits per heavy atom. The molecular formula is C34H43N7O. The van der Waals surface area contributed by atoms with E-state index in [1.807, 2.05) is 37.3 Å². The third kappa shape index (κ3) is 6.25. The van der Waals surface area contributed by atoms with Gasteiger partial charge >= 0.3 is 6.03 Å². The number of urea groups is 1. The summed E-state index contributed by atoms with van der Waals surface area (Å²) in [6.07, 6.45) is 7.46. The van der Waals surface area contributed by atoms with Crippen LogP contribution in [0.3, 0.4) is 0 Å². The van der Waals surface area contributed by atoms with Gasteiger partial charge in [-0.3, -0.25) is 4.98 Å². The number of fused-ring (bicyclic) bond motifs is 1. The number of nitrogens with one attached hydrogen (secondary N) is 1. The summed E-state index contributed by atoms with van der Waals surface area (Å²) in [4.78, 5) is 21.5. The fourth-order valence-electron chi connectivity index (χ4n) is 5.57. The monoisotopic (exact) mass is 565 g/mol. The van der Waals surface area contributed by atoms with Gasteiger partial charge in [0.1, 0.15) is 5.82 Å². The molecule has 0 fully saturated rings. The highest BCUT2D eigenvalue weighted by Gasteiger charge is 2.28. The number of nitrogens with zero attached hydrogens (tertiary/aromatic N) is 5. The summed E-state index contributed by atoms with van der Waals surface area (Å²) < 4.78 is 1.77. The molecule has 220 valence electrons. The maximum absolute atomic E-state index is 13.3. The fraction of sp³-hybridized carbons (Fsp3) is 0.382. The van der Waals surface area contributed by atoms with Gasteiger partial charge in [-0.1, -0.05) is 57.2 Å². The highest BCUT2D eigenvalue weighted by atomic mass is 16.2. The van der Waals surface area contributed by atoms with Crippen molar-refractivity contribution < 1.29 is 4.79 Å². The number of primary amides is 1. The number of likely N-dealkylation sites (N-methyl/N-ethyl adjacent to an activating group) is 1. The molecule has 4 aromatic rings. The zero-order valence-corrected chi connectivity index (χ0v) is 25.7. The van der Waals surface area contributed by atoms with E-state index in [0.29, 0.717) is 11.9 Å². The second kappa shape index (κ2) is 12.1. The number of hydrogen-bond donors (Lipinski definition) is 2. The summed E-state index contributed by atoms with van der Waals surface area (Å²) in [7, 11) is 4.20. The number of allylic oxidation sites excluding steroid dienone is 1. The standard InChI is InChI=1S/C34H43N7O/c1-23-14-15-26(22-37-23)41-32(21-31(38-41)34(2,3)4)40(33(35)42)30-17-16-27(28-12-7-8-13-29(28)30)24-10-9-11-25(20-24)36-18-19-39(5)6/h7-8,12-17,20-22,25,36H,9-11,18-19H2,1-6H3,(H2,35,42). The topological polar surface area (TPSA) is 92.3 Å². The number of nitrogens with two attached hydrogens (primary N) is 1. The van der Waals surface area contributed by atoms with Crippen molar-refractivity contribution >= 4 is 33.9 Å². The number of benzene rings is 2. The molecule has 2 aromatic heterocycles. The fourth-order valence-corrected chi connectivity index (χ4v) is 5.57. The number of hydrogen-bond acceptors (Lipinski definition) is 5. The summed E-state index contributed by atoms with van der Waals surface area (Å²) in [5.74, 6) is 0.581. The Morgan fingerprint density at radius 1 is 1.10 bits per heavy atom. The number of pyridine rings is 1. The normalized spacial score (nSPS) is 15.7. The molecular weight excluding hydrogens is 522 g/mol. The third-order valence-electron chi connectivity index (χ3n) is 7.87. The lowest BCUT2D eigenvalue weighted by Crippen LogP contribution is -2.34. The molecule has 2 heterocycles. The Kier molecular flexibility index (Phi) is 8.48. The van der Waals surface area contributed by atoms with Crippen molar-refractivity contribution in [2.45, 2.75) is 58.4 Å². The SMILES string of the molecule is Cc1ccc(-n2nc(C(C)(C)C)cc2N(C(N)=O)c2ccc(C3=CC(NCCN(C)C)CCC3)c3ccccc23)cn1. The van der Waals surface area contributed by atoms with Crippen molar-refractivity contribution in [3.8, 4) is 5.69 Å². The van der Waals surface area contributed by atoms with Crippen LogP contribution >= 0.6 is 0 Å². The number of carbonyl (C=O) groups excluding carboxylic acids is 1. The Labute approximate surface area is 249 Å². The Hall–Kier alpha value is -4.01. The summed E-state index contributed by atoms with van der Waals surface area (Å²) in [5.41, 5.74) is 11.7. The molecule has 2 aromatic carbocycles. The van der Waals surface area contributed by atoms with E-state index < -0.39 is 6.03 Å². The predicted octanol–water partition coefficient (Wildman–Crippen LogP) is 6.33. The summed E-state index contributed by atoms with van der Waals surface area (Å²) in [6.45, 7) is 10.2. The lowest BCUT2D eigenvalue weighted by atomic mass is 9.88. The van der Waals surface area contributed by atoms with Crippen molar-refractivity contribution in [3.05, 3.63) is 83.8 Å². The van der Waals surface area contributed by atoms with Crippen molar-refractivity contribution in [2.75, 3.05) is 32.1 Å². The number of carbonyl (C=O) groups is 1. The molecule has 1 atom stereocenters. The minimum absolute atomic E-state index is 0.238. The van der Waals surface area contributed by atoms with E-state index in [0.717, 1.165) is 65.9 Å². The molecule has 42 heavy (non-hydrogen) atoms. The number of anilines is 2. The van der Waals surface area contributed by atoms with Crippen LogP contribution in [0.2, 0.25) is 0 Å². The lowest BCUT2D eigenvalue weighted by molar-refractivity contribution is 0.256. The molecule has 5 rings (SSSR count). The molecule has 0 aliphatic heterocycles. The quantitative estimate of drug-likeness (QED) is 0.260. The van der Waals surface area contributed by atoms with Crippen molar-refractivity contribution in [1.29, 1.82) is 0 Å². The minimum atomic E-state index is -0.573. The molecule has 0 saturated carbocycles. The van der Waals surface area contributed by atoms with Crippen LogP contribution in [0.15, 0.2) is 66.9 Å². The van der Waals surface area contributed by atoms with E-state index in [1.54, 1.807) is 15.8 Å². The van der Waals surface area contributed by atoms with E-state index in [-0.39, 0.29) is 5.41 Å². The van der Waals surface area contributed by atoms with Gasteiger partial charge in [-0.2, -0.15) is 5.10 Å². The minimum Gasteiger partial charge on any atom is -0.351 e. The van der Waals surface area contributed by atoms with Gasteiger partial charge in [-0.15, -0.1) is 0 Å². The molecule has 1 unspecified atom stereocenters. The second-order valence-electron chi connectivity index (χ2n) is 12.5. The summed E-state index contributed by atoms with van der Waals surface area (Å²) >= 11 is 0. The van der Waals surface area contributed by atoms with Gasteiger partial charge in [0.2, 0.25) is 0 Å². The average molecular weight is 566 g/mol. The van der Waals surface area contributed by atoms with Gasteiger partial charge in [0, 0.05) is 41.7 Å².